The summed E-state index contributed by atoms with van der Waals surface area (Å²) in [5.74, 6) is -0.474. The zero-order valence-corrected chi connectivity index (χ0v) is 12.2. The van der Waals surface area contributed by atoms with Crippen molar-refractivity contribution in [3.63, 3.8) is 0 Å². The highest BCUT2D eigenvalue weighted by Gasteiger charge is 2.05. The van der Waals surface area contributed by atoms with Crippen LogP contribution in [-0.4, -0.2) is 12.5 Å². The molecule has 2 aromatic carbocycles. The van der Waals surface area contributed by atoms with Gasteiger partial charge >= 0.3 is 0 Å². The van der Waals surface area contributed by atoms with Gasteiger partial charge in [-0.25, -0.2) is 4.39 Å². The topological polar surface area (TPSA) is 41.1 Å². The third kappa shape index (κ3) is 5.17. The number of benzene rings is 2. The number of halogens is 2. The summed E-state index contributed by atoms with van der Waals surface area (Å²) in [6.07, 6.45) is 0. The highest BCUT2D eigenvalue weighted by atomic mass is 35.5. The molecule has 2 aromatic rings. The van der Waals surface area contributed by atoms with Crippen LogP contribution >= 0.6 is 11.6 Å². The molecular formula is C16H16ClFN2O. The van der Waals surface area contributed by atoms with E-state index in [0.717, 1.165) is 5.56 Å². The van der Waals surface area contributed by atoms with Crippen molar-refractivity contribution in [2.45, 2.75) is 13.1 Å². The molecule has 110 valence electrons. The SMILES string of the molecule is O=C(CNCc1cc(Cl)ccc1F)NCc1ccccc1. The van der Waals surface area contributed by atoms with Crippen molar-refractivity contribution in [1.82, 2.24) is 10.6 Å². The maximum atomic E-state index is 13.5. The molecule has 0 aliphatic carbocycles. The molecule has 1 amide bonds. The van der Waals surface area contributed by atoms with E-state index in [1.54, 1.807) is 6.07 Å². The van der Waals surface area contributed by atoms with Crippen LogP contribution in [0.2, 0.25) is 5.02 Å². The Morgan fingerprint density at radius 3 is 2.62 bits per heavy atom. The largest absolute Gasteiger partial charge is 0.351 e. The Hall–Kier alpha value is -1.91. The maximum Gasteiger partial charge on any atom is 0.234 e. The van der Waals surface area contributed by atoms with E-state index in [2.05, 4.69) is 10.6 Å². The Balaban J connectivity index is 1.73. The van der Waals surface area contributed by atoms with E-state index < -0.39 is 0 Å². The zero-order chi connectivity index (χ0) is 15.1. The molecule has 5 heteroatoms. The van der Waals surface area contributed by atoms with Crippen molar-refractivity contribution < 1.29 is 9.18 Å². The van der Waals surface area contributed by atoms with Crippen LogP contribution in [0.4, 0.5) is 4.39 Å². The number of hydrogen-bond acceptors (Lipinski definition) is 2. The van der Waals surface area contributed by atoms with Crippen molar-refractivity contribution in [2.75, 3.05) is 6.54 Å². The summed E-state index contributed by atoms with van der Waals surface area (Å²) in [5, 5.41) is 6.16. The lowest BCUT2D eigenvalue weighted by atomic mass is 10.2. The van der Waals surface area contributed by atoms with Gasteiger partial charge < -0.3 is 10.6 Å². The van der Waals surface area contributed by atoms with Crippen LogP contribution in [0.3, 0.4) is 0 Å². The highest BCUT2D eigenvalue weighted by molar-refractivity contribution is 6.30. The lowest BCUT2D eigenvalue weighted by Gasteiger charge is -2.08. The second-order valence-corrected chi connectivity index (χ2v) is 5.04. The average molecular weight is 307 g/mol. The van der Waals surface area contributed by atoms with E-state index in [9.17, 15) is 9.18 Å². The molecule has 0 aliphatic heterocycles. The molecule has 21 heavy (non-hydrogen) atoms. The average Bonchev–Trinajstić information content (AvgIpc) is 2.50. The van der Waals surface area contributed by atoms with Crippen molar-refractivity contribution in [1.29, 1.82) is 0 Å². The van der Waals surface area contributed by atoms with Gasteiger partial charge in [-0.3, -0.25) is 4.79 Å². The molecule has 0 spiro atoms. The first kappa shape index (κ1) is 15.5. The van der Waals surface area contributed by atoms with Gasteiger partial charge in [0.05, 0.1) is 6.54 Å². The molecule has 0 saturated heterocycles. The lowest BCUT2D eigenvalue weighted by Crippen LogP contribution is -2.33. The number of nitrogens with one attached hydrogen (secondary N) is 2. The van der Waals surface area contributed by atoms with Crippen molar-refractivity contribution >= 4 is 17.5 Å². The van der Waals surface area contributed by atoms with E-state index >= 15 is 0 Å². The van der Waals surface area contributed by atoms with Crippen molar-refractivity contribution in [3.05, 3.63) is 70.5 Å². The maximum absolute atomic E-state index is 13.5. The summed E-state index contributed by atoms with van der Waals surface area (Å²) in [7, 11) is 0. The van der Waals surface area contributed by atoms with Crippen molar-refractivity contribution in [2.24, 2.45) is 0 Å². The molecule has 0 bridgehead atoms. The second-order valence-electron chi connectivity index (χ2n) is 4.60. The van der Waals surface area contributed by atoms with Crippen LogP contribution in [0.15, 0.2) is 48.5 Å². The fourth-order valence-electron chi connectivity index (χ4n) is 1.85. The minimum absolute atomic E-state index is 0.124. The summed E-state index contributed by atoms with van der Waals surface area (Å²) >= 11 is 5.80. The fraction of sp³-hybridized carbons (Fsp3) is 0.188. The summed E-state index contributed by atoms with van der Waals surface area (Å²) in [6, 6.07) is 14.0. The molecule has 2 N–H and O–H groups in total. The van der Waals surface area contributed by atoms with E-state index in [1.165, 1.54) is 12.1 Å². The summed E-state index contributed by atoms with van der Waals surface area (Å²) in [5.41, 5.74) is 1.48. The Morgan fingerprint density at radius 2 is 1.86 bits per heavy atom. The third-order valence-corrected chi connectivity index (χ3v) is 3.18. The zero-order valence-electron chi connectivity index (χ0n) is 11.4. The molecule has 0 saturated carbocycles. The number of carbonyl (C=O) groups excluding carboxylic acids is 1. The smallest absolute Gasteiger partial charge is 0.234 e. The molecule has 0 heterocycles. The Kier molecular flexibility index (Phi) is 5.72. The van der Waals surface area contributed by atoms with E-state index in [1.807, 2.05) is 30.3 Å². The van der Waals surface area contributed by atoms with E-state index in [4.69, 9.17) is 11.6 Å². The van der Waals surface area contributed by atoms with Crippen LogP contribution in [0.25, 0.3) is 0 Å². The third-order valence-electron chi connectivity index (χ3n) is 2.94. The number of rotatable bonds is 6. The summed E-state index contributed by atoms with van der Waals surface area (Å²) < 4.78 is 13.5. The first-order valence-electron chi connectivity index (χ1n) is 6.60. The van der Waals surface area contributed by atoms with Gasteiger partial charge in [0.15, 0.2) is 0 Å². The molecule has 0 atom stereocenters. The standard InChI is InChI=1S/C16H16ClFN2O/c17-14-6-7-15(18)13(8-14)10-19-11-16(21)20-9-12-4-2-1-3-5-12/h1-8,19H,9-11H2,(H,20,21). The molecule has 0 fully saturated rings. The summed E-state index contributed by atoms with van der Waals surface area (Å²) in [4.78, 5) is 11.7. The van der Waals surface area contributed by atoms with Crippen molar-refractivity contribution in [3.8, 4) is 0 Å². The molecule has 0 aromatic heterocycles. The van der Waals surface area contributed by atoms with Crippen LogP contribution < -0.4 is 10.6 Å². The van der Waals surface area contributed by atoms with Gasteiger partial charge in [-0.1, -0.05) is 41.9 Å². The van der Waals surface area contributed by atoms with Gasteiger partial charge in [0.1, 0.15) is 5.82 Å². The summed E-state index contributed by atoms with van der Waals surface area (Å²) in [6.45, 7) is 0.858. The normalized spacial score (nSPS) is 10.4. The predicted octanol–water partition coefficient (Wildman–Crippen LogP) is 2.89. The van der Waals surface area contributed by atoms with Crippen LogP contribution in [-0.2, 0) is 17.9 Å². The van der Waals surface area contributed by atoms with Gasteiger partial charge in [0.25, 0.3) is 0 Å². The minimum Gasteiger partial charge on any atom is -0.351 e. The monoisotopic (exact) mass is 306 g/mol. The first-order valence-corrected chi connectivity index (χ1v) is 6.98. The van der Waals surface area contributed by atoms with Gasteiger partial charge in [-0.15, -0.1) is 0 Å². The lowest BCUT2D eigenvalue weighted by molar-refractivity contribution is -0.120. The highest BCUT2D eigenvalue weighted by Crippen LogP contribution is 2.14. The minimum atomic E-state index is -0.336. The van der Waals surface area contributed by atoms with Gasteiger partial charge in [0.2, 0.25) is 5.91 Å². The van der Waals surface area contributed by atoms with E-state index in [0.29, 0.717) is 17.1 Å². The quantitative estimate of drug-likeness (QED) is 0.861. The molecule has 0 aliphatic rings. The molecular weight excluding hydrogens is 291 g/mol. The number of amides is 1. The fourth-order valence-corrected chi connectivity index (χ4v) is 2.04. The molecule has 3 nitrogen and oxygen atoms in total. The van der Waals surface area contributed by atoms with Gasteiger partial charge in [-0.2, -0.15) is 0 Å². The Bertz CT molecular complexity index is 604. The number of carbonyl (C=O) groups is 1. The number of hydrogen-bond donors (Lipinski definition) is 2. The Morgan fingerprint density at radius 1 is 1.10 bits per heavy atom. The molecule has 0 unspecified atom stereocenters. The van der Waals surface area contributed by atoms with Crippen LogP contribution in [0.5, 0.6) is 0 Å². The van der Waals surface area contributed by atoms with Crippen LogP contribution in [0.1, 0.15) is 11.1 Å². The van der Waals surface area contributed by atoms with Gasteiger partial charge in [-0.05, 0) is 23.8 Å². The Labute approximate surface area is 128 Å². The second kappa shape index (κ2) is 7.76. The van der Waals surface area contributed by atoms with Gasteiger partial charge in [0, 0.05) is 23.7 Å². The van der Waals surface area contributed by atoms with E-state index in [-0.39, 0.29) is 24.8 Å². The molecule has 2 rings (SSSR count). The molecule has 0 radical (unpaired) electrons. The first-order chi connectivity index (χ1) is 10.1. The van der Waals surface area contributed by atoms with Crippen LogP contribution in [0, 0.1) is 5.82 Å². The predicted molar refractivity (Wildman–Crippen MR) is 81.4 cm³/mol.